The molecular formula is C29H31FN4O2. The number of anilines is 1. The molecule has 186 valence electrons. The molecular weight excluding hydrogens is 455 g/mol. The minimum Gasteiger partial charge on any atom is -0.354 e. The summed E-state index contributed by atoms with van der Waals surface area (Å²) >= 11 is 0. The predicted molar refractivity (Wildman–Crippen MR) is 138 cm³/mol. The molecule has 2 amide bonds. The van der Waals surface area contributed by atoms with E-state index in [2.05, 4.69) is 15.5 Å². The van der Waals surface area contributed by atoms with Crippen LogP contribution >= 0.6 is 0 Å². The fourth-order valence-corrected chi connectivity index (χ4v) is 5.44. The zero-order valence-corrected chi connectivity index (χ0v) is 20.2. The number of piperidine rings is 1. The van der Waals surface area contributed by atoms with Crippen molar-refractivity contribution in [2.45, 2.75) is 24.3 Å². The second-order valence-electron chi connectivity index (χ2n) is 9.49. The highest BCUT2D eigenvalue weighted by atomic mass is 19.1. The molecule has 0 atom stereocenters. The second-order valence-corrected chi connectivity index (χ2v) is 9.49. The van der Waals surface area contributed by atoms with Crippen molar-refractivity contribution in [3.8, 4) is 0 Å². The summed E-state index contributed by atoms with van der Waals surface area (Å²) < 4.78 is 13.8. The monoisotopic (exact) mass is 486 g/mol. The Hall–Kier alpha value is -3.71. The molecule has 6 nitrogen and oxygen atoms in total. The van der Waals surface area contributed by atoms with Gasteiger partial charge in [0.25, 0.3) is 0 Å². The minimum atomic E-state index is -0.654. The summed E-state index contributed by atoms with van der Waals surface area (Å²) in [4.78, 5) is 30.4. The molecule has 36 heavy (non-hydrogen) atoms. The van der Waals surface area contributed by atoms with Gasteiger partial charge in [-0.2, -0.15) is 0 Å². The first-order valence-electron chi connectivity index (χ1n) is 12.5. The second kappa shape index (κ2) is 10.5. The highest BCUT2D eigenvalue weighted by Gasteiger charge is 2.50. The molecule has 1 spiro atoms. The van der Waals surface area contributed by atoms with Crippen LogP contribution < -0.4 is 15.5 Å². The summed E-state index contributed by atoms with van der Waals surface area (Å²) in [5.74, 6) is -0.680. The number of likely N-dealkylation sites (tertiary alicyclic amines) is 1. The zero-order valence-electron chi connectivity index (χ0n) is 20.2. The van der Waals surface area contributed by atoms with E-state index in [1.54, 1.807) is 6.07 Å². The fraction of sp³-hybridized carbons (Fsp3) is 0.310. The molecule has 2 heterocycles. The van der Waals surface area contributed by atoms with Crippen molar-refractivity contribution >= 4 is 17.5 Å². The van der Waals surface area contributed by atoms with Crippen LogP contribution in [0.4, 0.5) is 10.1 Å². The third-order valence-corrected chi connectivity index (χ3v) is 7.40. The Labute approximate surface area is 211 Å². The number of hydrogen-bond donors (Lipinski definition) is 2. The van der Waals surface area contributed by atoms with E-state index in [9.17, 15) is 14.0 Å². The van der Waals surface area contributed by atoms with Gasteiger partial charge in [0.2, 0.25) is 11.8 Å². The molecule has 0 aromatic heterocycles. The Morgan fingerprint density at radius 3 is 2.19 bits per heavy atom. The molecule has 0 unspecified atom stereocenters. The van der Waals surface area contributed by atoms with Crippen LogP contribution in [0.25, 0.3) is 0 Å². The van der Waals surface area contributed by atoms with Gasteiger partial charge in [-0.05, 0) is 42.2 Å². The Bertz CT molecular complexity index is 1160. The maximum absolute atomic E-state index is 13.8. The van der Waals surface area contributed by atoms with Crippen LogP contribution in [-0.4, -0.2) is 55.1 Å². The van der Waals surface area contributed by atoms with Crippen molar-refractivity contribution in [1.29, 1.82) is 0 Å². The molecule has 0 saturated carbocycles. The fourth-order valence-electron chi connectivity index (χ4n) is 5.44. The number of halogens is 1. The van der Waals surface area contributed by atoms with E-state index in [1.165, 1.54) is 12.1 Å². The first-order valence-corrected chi connectivity index (χ1v) is 12.5. The summed E-state index contributed by atoms with van der Waals surface area (Å²) in [5.41, 5.74) is 2.00. The zero-order chi connectivity index (χ0) is 25.0. The van der Waals surface area contributed by atoms with E-state index in [-0.39, 0.29) is 23.5 Å². The third kappa shape index (κ3) is 4.84. The van der Waals surface area contributed by atoms with E-state index >= 15 is 0 Å². The topological polar surface area (TPSA) is 64.7 Å². The van der Waals surface area contributed by atoms with E-state index in [0.29, 0.717) is 32.6 Å². The van der Waals surface area contributed by atoms with Crippen molar-refractivity contribution in [3.63, 3.8) is 0 Å². The number of carbonyl (C=O) groups is 2. The maximum Gasteiger partial charge on any atom is 0.247 e. The molecule has 3 aromatic carbocycles. The number of nitrogens with one attached hydrogen (secondary N) is 2. The van der Waals surface area contributed by atoms with Crippen molar-refractivity contribution < 1.29 is 14.0 Å². The Morgan fingerprint density at radius 1 is 0.944 bits per heavy atom. The standard InChI is InChI=1S/C29H31FN4O2/c30-24-12-7-13-25(20-24)34-21-32-28(36)29(34)14-17-33(18-15-29)19-16-31-27(35)26(22-8-3-1-4-9-22)23-10-5-2-6-11-23/h1-13,20,26H,14-19,21H2,(H,31,35)(H,32,36). The molecule has 2 aliphatic rings. The largest absolute Gasteiger partial charge is 0.354 e. The Balaban J connectivity index is 1.19. The molecule has 0 aliphatic carbocycles. The van der Waals surface area contributed by atoms with Crippen molar-refractivity contribution in [3.05, 3.63) is 102 Å². The van der Waals surface area contributed by atoms with Gasteiger partial charge < -0.3 is 20.4 Å². The maximum atomic E-state index is 13.8. The first-order chi connectivity index (χ1) is 17.6. The molecule has 2 saturated heterocycles. The van der Waals surface area contributed by atoms with E-state index < -0.39 is 5.54 Å². The number of rotatable bonds is 7. The molecule has 0 bridgehead atoms. The van der Waals surface area contributed by atoms with Gasteiger partial charge in [0.1, 0.15) is 11.4 Å². The summed E-state index contributed by atoms with van der Waals surface area (Å²) in [5, 5.41) is 6.08. The van der Waals surface area contributed by atoms with Crippen LogP contribution in [0.2, 0.25) is 0 Å². The van der Waals surface area contributed by atoms with Crippen molar-refractivity contribution in [2.24, 2.45) is 0 Å². The van der Waals surface area contributed by atoms with Gasteiger partial charge in [-0.25, -0.2) is 4.39 Å². The van der Waals surface area contributed by atoms with Gasteiger partial charge in [0.05, 0.1) is 12.6 Å². The van der Waals surface area contributed by atoms with Crippen LogP contribution in [0.15, 0.2) is 84.9 Å². The lowest BCUT2D eigenvalue weighted by Crippen LogP contribution is -2.57. The van der Waals surface area contributed by atoms with Crippen LogP contribution in [0, 0.1) is 5.82 Å². The Morgan fingerprint density at radius 2 is 1.58 bits per heavy atom. The Kier molecular flexibility index (Phi) is 7.00. The average molecular weight is 487 g/mol. The average Bonchev–Trinajstić information content (AvgIpc) is 3.22. The quantitative estimate of drug-likeness (QED) is 0.537. The van der Waals surface area contributed by atoms with Gasteiger partial charge in [-0.1, -0.05) is 66.7 Å². The van der Waals surface area contributed by atoms with Gasteiger partial charge >= 0.3 is 0 Å². The van der Waals surface area contributed by atoms with Crippen LogP contribution in [0.1, 0.15) is 29.9 Å². The molecule has 7 heteroatoms. The van der Waals surface area contributed by atoms with Crippen LogP contribution in [0.5, 0.6) is 0 Å². The molecule has 2 aliphatic heterocycles. The van der Waals surface area contributed by atoms with E-state index in [4.69, 9.17) is 0 Å². The summed E-state index contributed by atoms with van der Waals surface area (Å²) in [7, 11) is 0. The van der Waals surface area contributed by atoms with E-state index in [0.717, 1.165) is 29.9 Å². The van der Waals surface area contributed by atoms with Crippen LogP contribution in [-0.2, 0) is 9.59 Å². The SMILES string of the molecule is O=C(NCCN1CCC2(CC1)C(=O)NCN2c1cccc(F)c1)C(c1ccccc1)c1ccccc1. The lowest BCUT2D eigenvalue weighted by atomic mass is 9.85. The number of amides is 2. The van der Waals surface area contributed by atoms with Gasteiger partial charge in [-0.15, -0.1) is 0 Å². The molecule has 5 rings (SSSR count). The summed E-state index contributed by atoms with van der Waals surface area (Å²) in [6.45, 7) is 3.09. The number of carbonyl (C=O) groups excluding carboxylic acids is 2. The first kappa shape index (κ1) is 24.0. The smallest absolute Gasteiger partial charge is 0.247 e. The number of hydrogen-bond acceptors (Lipinski definition) is 4. The normalized spacial score (nSPS) is 17.4. The predicted octanol–water partition coefficient (Wildman–Crippen LogP) is 3.50. The lowest BCUT2D eigenvalue weighted by molar-refractivity contribution is -0.125. The van der Waals surface area contributed by atoms with Gasteiger partial charge in [-0.3, -0.25) is 9.59 Å². The lowest BCUT2D eigenvalue weighted by Gasteiger charge is -2.43. The number of benzene rings is 3. The molecule has 3 aromatic rings. The minimum absolute atomic E-state index is 0.00766. The highest BCUT2D eigenvalue weighted by Crippen LogP contribution is 2.36. The molecule has 2 fully saturated rings. The van der Waals surface area contributed by atoms with Gasteiger partial charge in [0.15, 0.2) is 0 Å². The van der Waals surface area contributed by atoms with Crippen molar-refractivity contribution in [1.82, 2.24) is 15.5 Å². The summed E-state index contributed by atoms with van der Waals surface area (Å²) in [6, 6.07) is 26.1. The van der Waals surface area contributed by atoms with E-state index in [1.807, 2.05) is 71.6 Å². The third-order valence-electron chi connectivity index (χ3n) is 7.40. The van der Waals surface area contributed by atoms with Crippen molar-refractivity contribution in [2.75, 3.05) is 37.7 Å². The molecule has 2 N–H and O–H groups in total. The van der Waals surface area contributed by atoms with Crippen LogP contribution in [0.3, 0.4) is 0 Å². The highest BCUT2D eigenvalue weighted by molar-refractivity contribution is 5.93. The molecule has 0 radical (unpaired) electrons. The van der Waals surface area contributed by atoms with Gasteiger partial charge in [0, 0.05) is 31.9 Å². The summed E-state index contributed by atoms with van der Waals surface area (Å²) in [6.07, 6.45) is 1.31. The number of nitrogens with zero attached hydrogens (tertiary/aromatic N) is 2.